The highest BCUT2D eigenvalue weighted by atomic mass is 15.1. The van der Waals surface area contributed by atoms with E-state index in [9.17, 15) is 0 Å². The molecule has 1 aromatic heterocycles. The molecule has 276 valence electrons. The van der Waals surface area contributed by atoms with Crippen molar-refractivity contribution in [2.75, 3.05) is 0 Å². The smallest absolute Gasteiger partial charge is 0.192 e. The first-order valence-corrected chi connectivity index (χ1v) is 20.8. The van der Waals surface area contributed by atoms with Crippen LogP contribution in [0.4, 0.5) is 0 Å². The molecule has 9 aromatic rings. The number of pyridine rings is 1. The fraction of sp³-hybridized carbons (Fsp3) is 0.161. The summed E-state index contributed by atoms with van der Waals surface area (Å²) in [6, 6.07) is 65.8. The van der Waals surface area contributed by atoms with E-state index in [1.165, 1.54) is 93.6 Å². The maximum absolute atomic E-state index is 2.66. The second kappa shape index (κ2) is 13.7. The normalized spacial score (nSPS) is 15.8. The highest BCUT2D eigenvalue weighted by Crippen LogP contribution is 2.53. The van der Waals surface area contributed by atoms with E-state index in [0.717, 1.165) is 19.3 Å². The van der Waals surface area contributed by atoms with E-state index in [-0.39, 0.29) is 11.0 Å². The Balaban J connectivity index is 1.17. The van der Waals surface area contributed by atoms with Gasteiger partial charge in [0.05, 0.1) is 16.4 Å². The van der Waals surface area contributed by atoms with Gasteiger partial charge in [-0.2, -0.15) is 4.57 Å². The van der Waals surface area contributed by atoms with E-state index in [0.29, 0.717) is 0 Å². The number of hydrogen-bond donors (Lipinski definition) is 0. The van der Waals surface area contributed by atoms with Gasteiger partial charge in [0.2, 0.25) is 5.69 Å². The first kappa shape index (κ1) is 35.1. The topological polar surface area (TPSA) is 3.88 Å². The molecule has 0 saturated heterocycles. The lowest BCUT2D eigenvalue weighted by molar-refractivity contribution is -0.768. The lowest BCUT2D eigenvalue weighted by Gasteiger charge is -2.48. The van der Waals surface area contributed by atoms with Gasteiger partial charge in [0.1, 0.15) is 0 Å². The molecule has 0 fully saturated rings. The van der Waals surface area contributed by atoms with Crippen LogP contribution in [0.15, 0.2) is 182 Å². The van der Waals surface area contributed by atoms with Gasteiger partial charge in [-0.25, -0.2) is 0 Å². The number of fused-ring (bicyclic) bond motifs is 7. The van der Waals surface area contributed by atoms with Gasteiger partial charge in [-0.05, 0) is 127 Å². The van der Waals surface area contributed by atoms with Gasteiger partial charge in [0.15, 0.2) is 11.7 Å². The SMILES string of the molecule is CCC1(C)c2ccc(-c3cccc(-c4cc(-c5cccc6ccccc56)cc(-c5cccc6ccccc56)c4)c3)cc2-c2c3ccccc3cc[n+]2C1(CC)CC. The second-order valence-electron chi connectivity index (χ2n) is 16.2. The lowest BCUT2D eigenvalue weighted by atomic mass is 9.58. The summed E-state index contributed by atoms with van der Waals surface area (Å²) in [5.74, 6) is 0. The number of nitrogens with zero attached hydrogens (tertiary/aromatic N) is 1. The molecule has 0 bridgehead atoms. The Morgan fingerprint density at radius 2 is 0.860 bits per heavy atom. The summed E-state index contributed by atoms with van der Waals surface area (Å²) in [6.45, 7) is 9.66. The van der Waals surface area contributed by atoms with Crippen molar-refractivity contribution in [2.45, 2.75) is 57.9 Å². The highest BCUT2D eigenvalue weighted by molar-refractivity contribution is 6.02. The Bertz CT molecular complexity index is 2890. The van der Waals surface area contributed by atoms with Gasteiger partial charge in [0.25, 0.3) is 0 Å². The van der Waals surface area contributed by atoms with E-state index < -0.39 is 0 Å². The van der Waals surface area contributed by atoms with Gasteiger partial charge >= 0.3 is 0 Å². The molecule has 0 radical (unpaired) electrons. The molecule has 1 aliphatic rings. The largest absolute Gasteiger partial charge is 0.221 e. The van der Waals surface area contributed by atoms with Gasteiger partial charge in [-0.1, -0.05) is 154 Å². The molecule has 0 amide bonds. The zero-order valence-electron chi connectivity index (χ0n) is 33.4. The fourth-order valence-electron chi connectivity index (χ4n) is 10.6. The predicted molar refractivity (Wildman–Crippen MR) is 243 cm³/mol. The third-order valence-electron chi connectivity index (χ3n) is 13.8. The Kier molecular flexibility index (Phi) is 8.45. The Morgan fingerprint density at radius 3 is 1.46 bits per heavy atom. The summed E-state index contributed by atoms with van der Waals surface area (Å²) in [5, 5.41) is 7.65. The monoisotopic (exact) mass is 734 g/mol. The van der Waals surface area contributed by atoms with Crippen molar-refractivity contribution >= 4 is 32.3 Å². The molecule has 0 spiro atoms. The quantitative estimate of drug-likeness (QED) is 0.144. The van der Waals surface area contributed by atoms with Gasteiger partial charge in [-0.15, -0.1) is 0 Å². The molecule has 10 rings (SSSR count). The van der Waals surface area contributed by atoms with Crippen LogP contribution in [0.25, 0.3) is 88.1 Å². The molecule has 57 heavy (non-hydrogen) atoms. The van der Waals surface area contributed by atoms with Crippen LogP contribution in [-0.2, 0) is 11.0 Å². The third-order valence-corrected chi connectivity index (χ3v) is 13.8. The molecule has 1 aliphatic heterocycles. The standard InChI is InChI=1S/C56H48N/c1-5-55(4)53-30-29-43(37-52(53)54-51-26-13-10-19-40(51)31-32-57(54)56(55,6-2)7-3)41-22-14-23-42(33-41)44-34-45(49-27-15-20-38-17-8-11-24-47(38)49)36-46(35-44)50-28-16-21-39-18-9-12-25-48(39)50/h8-37H,5-7H2,1-4H3/q+1. The molecule has 2 heterocycles. The lowest BCUT2D eigenvalue weighted by Crippen LogP contribution is -2.68. The van der Waals surface area contributed by atoms with E-state index in [2.05, 4.69) is 214 Å². The maximum Gasteiger partial charge on any atom is 0.221 e. The summed E-state index contributed by atoms with van der Waals surface area (Å²) < 4.78 is 2.66. The Labute approximate surface area is 336 Å². The van der Waals surface area contributed by atoms with Crippen molar-refractivity contribution < 1.29 is 4.57 Å². The average Bonchev–Trinajstić information content (AvgIpc) is 3.28. The van der Waals surface area contributed by atoms with E-state index in [4.69, 9.17) is 0 Å². The molecule has 1 unspecified atom stereocenters. The molecule has 1 atom stereocenters. The van der Waals surface area contributed by atoms with Crippen LogP contribution in [0.2, 0.25) is 0 Å². The van der Waals surface area contributed by atoms with Gasteiger partial charge < -0.3 is 0 Å². The number of rotatable bonds is 7. The first-order valence-electron chi connectivity index (χ1n) is 20.8. The predicted octanol–water partition coefficient (Wildman–Crippen LogP) is 15.0. The van der Waals surface area contributed by atoms with E-state index in [1.807, 2.05) is 0 Å². The molecule has 1 heteroatoms. The van der Waals surface area contributed by atoms with Gasteiger partial charge in [0, 0.05) is 18.9 Å². The maximum atomic E-state index is 2.66. The Morgan fingerprint density at radius 1 is 0.386 bits per heavy atom. The van der Waals surface area contributed by atoms with Crippen LogP contribution in [0.5, 0.6) is 0 Å². The van der Waals surface area contributed by atoms with Crippen LogP contribution in [0, 0.1) is 0 Å². The summed E-state index contributed by atoms with van der Waals surface area (Å²) in [7, 11) is 0. The van der Waals surface area contributed by atoms with Crippen LogP contribution in [0.1, 0.15) is 52.5 Å². The van der Waals surface area contributed by atoms with Crippen molar-refractivity contribution in [1.29, 1.82) is 0 Å². The van der Waals surface area contributed by atoms with Crippen molar-refractivity contribution in [3.63, 3.8) is 0 Å². The summed E-state index contributed by atoms with van der Waals surface area (Å²) in [4.78, 5) is 0. The molecule has 0 aliphatic carbocycles. The van der Waals surface area contributed by atoms with Gasteiger partial charge in [-0.3, -0.25) is 0 Å². The minimum Gasteiger partial charge on any atom is -0.192 e. The molecule has 8 aromatic carbocycles. The number of aromatic nitrogens is 1. The van der Waals surface area contributed by atoms with Crippen molar-refractivity contribution in [3.8, 4) is 55.8 Å². The van der Waals surface area contributed by atoms with Crippen LogP contribution >= 0.6 is 0 Å². The van der Waals surface area contributed by atoms with Crippen molar-refractivity contribution in [2.24, 2.45) is 0 Å². The van der Waals surface area contributed by atoms with Crippen LogP contribution < -0.4 is 4.57 Å². The Hall–Kier alpha value is -6.31. The molecular formula is C56H48N+. The van der Waals surface area contributed by atoms with E-state index >= 15 is 0 Å². The number of benzene rings is 8. The molecular weight excluding hydrogens is 687 g/mol. The third kappa shape index (κ3) is 5.40. The zero-order valence-corrected chi connectivity index (χ0v) is 33.4. The van der Waals surface area contributed by atoms with Crippen molar-refractivity contribution in [1.82, 2.24) is 0 Å². The molecule has 0 saturated carbocycles. The number of hydrogen-bond acceptors (Lipinski definition) is 0. The van der Waals surface area contributed by atoms with Crippen LogP contribution in [-0.4, -0.2) is 0 Å². The first-order chi connectivity index (χ1) is 28.0. The summed E-state index contributed by atoms with van der Waals surface area (Å²) in [6.07, 6.45) is 5.60. The average molecular weight is 735 g/mol. The minimum atomic E-state index is -0.0214. The molecule has 0 N–H and O–H groups in total. The van der Waals surface area contributed by atoms with Crippen molar-refractivity contribution in [3.05, 3.63) is 188 Å². The highest BCUT2D eigenvalue weighted by Gasteiger charge is 2.58. The summed E-state index contributed by atoms with van der Waals surface area (Å²) >= 11 is 0. The van der Waals surface area contributed by atoms with E-state index in [1.54, 1.807) is 0 Å². The van der Waals surface area contributed by atoms with Crippen LogP contribution in [0.3, 0.4) is 0 Å². The summed E-state index contributed by atoms with van der Waals surface area (Å²) in [5.41, 5.74) is 14.0. The molecule has 1 nitrogen and oxygen atoms in total. The zero-order chi connectivity index (χ0) is 38.7. The second-order valence-corrected chi connectivity index (χ2v) is 16.2. The fourth-order valence-corrected chi connectivity index (χ4v) is 10.6. The minimum absolute atomic E-state index is 0.0214.